The molecule has 1 heterocycles. The number of carbonyl (C=O) groups is 1. The highest BCUT2D eigenvalue weighted by Crippen LogP contribution is 2.47. The van der Waals surface area contributed by atoms with Gasteiger partial charge in [0, 0.05) is 7.05 Å². The number of rotatable bonds is 4. The number of carbonyl (C=O) groups excluding carboxylic acids is 1. The third kappa shape index (κ3) is 2.95. The molecular formula is C12H18F3N5O2. The minimum atomic E-state index is -4.53. The lowest BCUT2D eigenvalue weighted by molar-refractivity contribution is -0.194. The van der Waals surface area contributed by atoms with Gasteiger partial charge in [-0.1, -0.05) is 0 Å². The Hall–Kier alpha value is -2.00. The molecule has 10 heteroatoms. The summed E-state index contributed by atoms with van der Waals surface area (Å²) in [7, 11) is 1.45. The van der Waals surface area contributed by atoms with E-state index in [9.17, 15) is 22.8 Å². The topological polar surface area (TPSA) is 91.8 Å². The number of aromatic amines is 1. The zero-order chi connectivity index (χ0) is 16.7. The van der Waals surface area contributed by atoms with Crippen LogP contribution in [0.4, 0.5) is 18.0 Å². The third-order valence-electron chi connectivity index (χ3n) is 4.01. The monoisotopic (exact) mass is 321 g/mol. The lowest BCUT2D eigenvalue weighted by Gasteiger charge is -2.33. The lowest BCUT2D eigenvalue weighted by atomic mass is 9.95. The maximum atomic E-state index is 13.2. The lowest BCUT2D eigenvalue weighted by Crippen LogP contribution is -2.60. The Labute approximate surface area is 124 Å². The second-order valence-corrected chi connectivity index (χ2v) is 5.74. The van der Waals surface area contributed by atoms with Crippen LogP contribution < -0.4 is 16.3 Å². The van der Waals surface area contributed by atoms with Crippen molar-refractivity contribution < 1.29 is 18.0 Å². The van der Waals surface area contributed by atoms with Gasteiger partial charge in [-0.2, -0.15) is 18.3 Å². The summed E-state index contributed by atoms with van der Waals surface area (Å²) in [5.41, 5.74) is -2.73. The molecule has 3 N–H and O–H groups in total. The van der Waals surface area contributed by atoms with Gasteiger partial charge < -0.3 is 10.6 Å². The number of alkyl halides is 3. The maximum absolute atomic E-state index is 13.2. The van der Waals surface area contributed by atoms with Gasteiger partial charge in [-0.05, 0) is 32.6 Å². The molecule has 2 amide bonds. The van der Waals surface area contributed by atoms with Gasteiger partial charge in [0.15, 0.2) is 5.82 Å². The molecule has 0 bridgehead atoms. The molecule has 1 aliphatic rings. The molecule has 0 radical (unpaired) electrons. The van der Waals surface area contributed by atoms with E-state index in [1.54, 1.807) is 0 Å². The minimum Gasteiger partial charge on any atom is -0.328 e. The molecule has 0 aliphatic heterocycles. The normalized spacial score (nSPS) is 19.4. The second-order valence-electron chi connectivity index (χ2n) is 5.74. The van der Waals surface area contributed by atoms with E-state index in [1.165, 1.54) is 18.5 Å². The van der Waals surface area contributed by atoms with Crippen molar-refractivity contribution in [3.05, 3.63) is 16.3 Å². The summed E-state index contributed by atoms with van der Waals surface area (Å²) in [6.07, 6.45) is -3.67. The number of hydrogen-bond donors (Lipinski definition) is 3. The van der Waals surface area contributed by atoms with E-state index < -0.39 is 35.4 Å². The Morgan fingerprint density at radius 1 is 1.45 bits per heavy atom. The molecule has 0 spiro atoms. The first-order valence-corrected chi connectivity index (χ1v) is 6.83. The van der Waals surface area contributed by atoms with Crippen molar-refractivity contribution in [3.8, 4) is 0 Å². The quantitative estimate of drug-likeness (QED) is 0.778. The molecule has 1 fully saturated rings. The SMILES string of the molecule is CC(NC(=O)NC(C)(C1CC1)C(F)(F)F)c1n[nH]c(=O)n1C. The van der Waals surface area contributed by atoms with Crippen LogP contribution in [0.3, 0.4) is 0 Å². The van der Waals surface area contributed by atoms with E-state index >= 15 is 0 Å². The average molecular weight is 321 g/mol. The van der Waals surface area contributed by atoms with Crippen LogP contribution in [0.1, 0.15) is 38.6 Å². The predicted octanol–water partition coefficient (Wildman–Crippen LogP) is 1.20. The number of urea groups is 1. The van der Waals surface area contributed by atoms with Crippen molar-refractivity contribution in [3.63, 3.8) is 0 Å². The fourth-order valence-electron chi connectivity index (χ4n) is 2.34. The fraction of sp³-hybridized carbons (Fsp3) is 0.750. The van der Waals surface area contributed by atoms with Crippen molar-refractivity contribution in [2.75, 3.05) is 0 Å². The maximum Gasteiger partial charge on any atom is 0.411 e. The largest absolute Gasteiger partial charge is 0.411 e. The van der Waals surface area contributed by atoms with E-state index in [-0.39, 0.29) is 5.82 Å². The van der Waals surface area contributed by atoms with Crippen LogP contribution in [0.15, 0.2) is 4.79 Å². The summed E-state index contributed by atoms with van der Waals surface area (Å²) in [6, 6.07) is -1.67. The summed E-state index contributed by atoms with van der Waals surface area (Å²) >= 11 is 0. The molecule has 0 saturated heterocycles. The van der Waals surface area contributed by atoms with Crippen molar-refractivity contribution in [1.82, 2.24) is 25.4 Å². The van der Waals surface area contributed by atoms with Crippen LogP contribution in [0.25, 0.3) is 0 Å². The van der Waals surface area contributed by atoms with Crippen LogP contribution in [0, 0.1) is 5.92 Å². The van der Waals surface area contributed by atoms with Gasteiger partial charge >= 0.3 is 17.9 Å². The molecule has 0 aromatic carbocycles. The van der Waals surface area contributed by atoms with Crippen LogP contribution in [0.2, 0.25) is 0 Å². The number of halogens is 3. The molecular weight excluding hydrogens is 303 g/mol. The van der Waals surface area contributed by atoms with E-state index in [1.807, 2.05) is 5.32 Å². The number of hydrogen-bond acceptors (Lipinski definition) is 3. The van der Waals surface area contributed by atoms with Gasteiger partial charge in [-0.15, -0.1) is 0 Å². The van der Waals surface area contributed by atoms with Crippen LogP contribution in [-0.2, 0) is 7.05 Å². The summed E-state index contributed by atoms with van der Waals surface area (Å²) in [5.74, 6) is -0.386. The molecule has 1 saturated carbocycles. The van der Waals surface area contributed by atoms with Crippen molar-refractivity contribution in [1.29, 1.82) is 0 Å². The van der Waals surface area contributed by atoms with Crippen LogP contribution in [-0.4, -0.2) is 32.5 Å². The zero-order valence-corrected chi connectivity index (χ0v) is 12.4. The molecule has 22 heavy (non-hydrogen) atoms. The number of H-pyrrole nitrogens is 1. The Morgan fingerprint density at radius 2 is 2.05 bits per heavy atom. The summed E-state index contributed by atoms with van der Waals surface area (Å²) in [4.78, 5) is 23.1. The summed E-state index contributed by atoms with van der Waals surface area (Å²) in [5, 5.41) is 10.3. The first-order chi connectivity index (χ1) is 10.1. The molecule has 2 unspecified atom stereocenters. The molecule has 124 valence electrons. The van der Waals surface area contributed by atoms with Gasteiger partial charge in [-0.3, -0.25) is 4.57 Å². The second kappa shape index (κ2) is 5.33. The summed E-state index contributed by atoms with van der Waals surface area (Å²) in [6.45, 7) is 2.51. The third-order valence-corrected chi connectivity index (χ3v) is 4.01. The van der Waals surface area contributed by atoms with E-state index in [0.717, 1.165) is 6.92 Å². The number of aromatic nitrogens is 3. The van der Waals surface area contributed by atoms with E-state index in [0.29, 0.717) is 12.8 Å². The van der Waals surface area contributed by atoms with Gasteiger partial charge in [0.1, 0.15) is 5.54 Å². The Bertz CT molecular complexity index is 619. The minimum absolute atomic E-state index is 0.222. The van der Waals surface area contributed by atoms with Gasteiger partial charge in [0.05, 0.1) is 6.04 Å². The average Bonchev–Trinajstić information content (AvgIpc) is 3.16. The summed E-state index contributed by atoms with van der Waals surface area (Å²) < 4.78 is 40.7. The van der Waals surface area contributed by atoms with Gasteiger partial charge in [0.25, 0.3) is 0 Å². The smallest absolute Gasteiger partial charge is 0.328 e. The number of nitrogens with one attached hydrogen (secondary N) is 3. The fourth-order valence-corrected chi connectivity index (χ4v) is 2.34. The van der Waals surface area contributed by atoms with Crippen LogP contribution in [0.5, 0.6) is 0 Å². The van der Waals surface area contributed by atoms with Crippen molar-refractivity contribution in [2.24, 2.45) is 13.0 Å². The molecule has 2 rings (SSSR count). The molecule has 1 aromatic heterocycles. The molecule has 7 nitrogen and oxygen atoms in total. The first kappa shape index (κ1) is 16.4. The highest BCUT2D eigenvalue weighted by Gasteiger charge is 2.60. The van der Waals surface area contributed by atoms with Gasteiger partial charge in [-0.25, -0.2) is 14.7 Å². The van der Waals surface area contributed by atoms with Crippen molar-refractivity contribution >= 4 is 6.03 Å². The van der Waals surface area contributed by atoms with Gasteiger partial charge in [0.2, 0.25) is 0 Å². The van der Waals surface area contributed by atoms with E-state index in [2.05, 4.69) is 15.5 Å². The van der Waals surface area contributed by atoms with Crippen molar-refractivity contribution in [2.45, 2.75) is 44.4 Å². The molecule has 2 atom stereocenters. The standard InChI is InChI=1S/C12H18F3N5O2/c1-6(8-18-19-10(22)20(8)3)16-9(21)17-11(2,7-4-5-7)12(13,14)15/h6-7H,4-5H2,1-3H3,(H,19,22)(H2,16,17,21). The first-order valence-electron chi connectivity index (χ1n) is 6.83. The van der Waals surface area contributed by atoms with E-state index in [4.69, 9.17) is 0 Å². The highest BCUT2D eigenvalue weighted by atomic mass is 19.4. The number of amides is 2. The number of nitrogens with zero attached hydrogens (tertiary/aromatic N) is 2. The highest BCUT2D eigenvalue weighted by molar-refractivity contribution is 5.75. The Kier molecular flexibility index (Phi) is 3.96. The zero-order valence-electron chi connectivity index (χ0n) is 12.4. The van der Waals surface area contributed by atoms with Crippen LogP contribution >= 0.6 is 0 Å². The molecule has 1 aliphatic carbocycles. The Balaban J connectivity index is 2.06. The predicted molar refractivity (Wildman–Crippen MR) is 71.1 cm³/mol. The Morgan fingerprint density at radius 3 is 2.45 bits per heavy atom. The molecule has 1 aromatic rings.